The molecule has 1 aliphatic rings. The van der Waals surface area contributed by atoms with E-state index in [0.29, 0.717) is 5.56 Å². The van der Waals surface area contributed by atoms with Crippen LogP contribution in [0.1, 0.15) is 85.8 Å². The van der Waals surface area contributed by atoms with E-state index in [1.165, 1.54) is 16.7 Å². The molecule has 1 aliphatic carbocycles. The summed E-state index contributed by atoms with van der Waals surface area (Å²) in [7, 11) is 0. The van der Waals surface area contributed by atoms with Crippen LogP contribution >= 0.6 is 0 Å². The van der Waals surface area contributed by atoms with Crippen molar-refractivity contribution in [2.75, 3.05) is 0 Å². The maximum Gasteiger partial charge on any atom is 0.307 e. The van der Waals surface area contributed by atoms with Gasteiger partial charge in [0.25, 0.3) is 0 Å². The van der Waals surface area contributed by atoms with Crippen molar-refractivity contribution in [3.8, 4) is 11.3 Å². The van der Waals surface area contributed by atoms with Gasteiger partial charge in [0.05, 0.1) is 17.7 Å². The number of benzene rings is 2. The number of rotatable bonds is 9. The second-order valence-corrected chi connectivity index (χ2v) is 10.7. The first-order valence-electron chi connectivity index (χ1n) is 13.5. The average molecular weight is 498 g/mol. The highest BCUT2D eigenvalue weighted by molar-refractivity contribution is 5.71. The van der Waals surface area contributed by atoms with E-state index in [9.17, 15) is 9.90 Å². The SMILES string of the molecule is CCC(CC)(c1ccc(C=CC2(O)CCCC2)c(C)c1)c1ccc(-c2ccc(CC(=O)O)cn2)c(C)c1. The summed E-state index contributed by atoms with van der Waals surface area (Å²) in [6.07, 6.45) is 11.6. The van der Waals surface area contributed by atoms with Crippen LogP contribution in [-0.2, 0) is 16.6 Å². The number of carboxylic acid groups (broad SMARTS) is 1. The molecule has 3 aromatic rings. The zero-order valence-corrected chi connectivity index (χ0v) is 22.6. The highest BCUT2D eigenvalue weighted by Crippen LogP contribution is 2.41. The maximum atomic E-state index is 11.0. The van der Waals surface area contributed by atoms with Gasteiger partial charge < -0.3 is 10.2 Å². The molecule has 194 valence electrons. The number of aliphatic carboxylic acids is 1. The summed E-state index contributed by atoms with van der Waals surface area (Å²) in [5.74, 6) is -0.851. The molecule has 1 heterocycles. The lowest BCUT2D eigenvalue weighted by atomic mass is 9.69. The smallest absolute Gasteiger partial charge is 0.307 e. The van der Waals surface area contributed by atoms with Gasteiger partial charge in [0, 0.05) is 17.2 Å². The molecule has 2 aromatic carbocycles. The van der Waals surface area contributed by atoms with E-state index >= 15 is 0 Å². The van der Waals surface area contributed by atoms with Crippen LogP contribution < -0.4 is 0 Å². The molecule has 1 saturated carbocycles. The predicted octanol–water partition coefficient (Wildman–Crippen LogP) is 7.42. The van der Waals surface area contributed by atoms with Gasteiger partial charge in [-0.05, 0) is 79.0 Å². The van der Waals surface area contributed by atoms with E-state index < -0.39 is 11.6 Å². The van der Waals surface area contributed by atoms with Gasteiger partial charge in [-0.25, -0.2) is 0 Å². The van der Waals surface area contributed by atoms with Crippen molar-refractivity contribution in [1.29, 1.82) is 0 Å². The van der Waals surface area contributed by atoms with E-state index in [-0.39, 0.29) is 11.8 Å². The number of aromatic nitrogens is 1. The summed E-state index contributed by atoms with van der Waals surface area (Å²) in [4.78, 5) is 15.5. The van der Waals surface area contributed by atoms with Crippen LogP contribution in [-0.4, -0.2) is 26.8 Å². The van der Waals surface area contributed by atoms with Crippen molar-refractivity contribution in [2.45, 2.75) is 83.7 Å². The van der Waals surface area contributed by atoms with Crippen molar-refractivity contribution < 1.29 is 15.0 Å². The number of carboxylic acids is 1. The standard InChI is InChI=1S/C33H39NO3/c1-5-33(6-2,27-11-10-26(23(3)19-27)15-18-32(37)16-7-8-17-32)28-12-13-29(24(4)20-28)30-14-9-25(22-34-30)21-31(35)36/h9-15,18-20,22,37H,5-8,16-17,21H2,1-4H3,(H,35,36). The minimum Gasteiger partial charge on any atom is -0.481 e. The van der Waals surface area contributed by atoms with Gasteiger partial charge in [0.1, 0.15) is 0 Å². The van der Waals surface area contributed by atoms with Crippen LogP contribution in [0.15, 0.2) is 60.8 Å². The van der Waals surface area contributed by atoms with E-state index in [2.05, 4.69) is 75.2 Å². The Morgan fingerprint density at radius 3 is 2.16 bits per heavy atom. The normalized spacial score (nSPS) is 15.4. The second kappa shape index (κ2) is 11.0. The summed E-state index contributed by atoms with van der Waals surface area (Å²) in [5.41, 5.74) is 8.02. The Labute approximate surface area is 221 Å². The Morgan fingerprint density at radius 2 is 1.62 bits per heavy atom. The summed E-state index contributed by atoms with van der Waals surface area (Å²) in [6, 6.07) is 17.2. The molecule has 0 bridgehead atoms. The third-order valence-electron chi connectivity index (χ3n) is 8.31. The van der Waals surface area contributed by atoms with Crippen LogP contribution in [0.3, 0.4) is 0 Å². The Kier molecular flexibility index (Phi) is 7.99. The van der Waals surface area contributed by atoms with Gasteiger partial charge in [-0.15, -0.1) is 0 Å². The van der Waals surface area contributed by atoms with Crippen molar-refractivity contribution in [1.82, 2.24) is 4.98 Å². The van der Waals surface area contributed by atoms with E-state index in [1.54, 1.807) is 6.20 Å². The molecule has 0 unspecified atom stereocenters. The molecule has 0 aliphatic heterocycles. The second-order valence-electron chi connectivity index (χ2n) is 10.7. The topological polar surface area (TPSA) is 70.4 Å². The summed E-state index contributed by atoms with van der Waals surface area (Å²) >= 11 is 0. The molecule has 37 heavy (non-hydrogen) atoms. The molecule has 0 amide bonds. The van der Waals surface area contributed by atoms with Gasteiger partial charge in [0.2, 0.25) is 0 Å². The van der Waals surface area contributed by atoms with Gasteiger partial charge in [-0.3, -0.25) is 9.78 Å². The molecule has 4 rings (SSSR count). The first kappa shape index (κ1) is 26.8. The first-order valence-corrected chi connectivity index (χ1v) is 13.5. The maximum absolute atomic E-state index is 11.0. The fourth-order valence-corrected chi connectivity index (χ4v) is 5.90. The molecule has 1 aromatic heterocycles. The molecule has 4 heteroatoms. The number of hydrogen-bond acceptors (Lipinski definition) is 3. The molecule has 0 radical (unpaired) electrons. The highest BCUT2D eigenvalue weighted by atomic mass is 16.4. The quantitative estimate of drug-likeness (QED) is 0.323. The lowest BCUT2D eigenvalue weighted by Crippen LogP contribution is -2.26. The van der Waals surface area contributed by atoms with Crippen molar-refractivity contribution in [3.05, 3.63) is 94.2 Å². The Morgan fingerprint density at radius 1 is 0.973 bits per heavy atom. The van der Waals surface area contributed by atoms with Crippen LogP contribution in [0.5, 0.6) is 0 Å². The van der Waals surface area contributed by atoms with Crippen molar-refractivity contribution in [2.24, 2.45) is 0 Å². The summed E-state index contributed by atoms with van der Waals surface area (Å²) in [5, 5.41) is 19.7. The molecule has 2 N–H and O–H groups in total. The number of aliphatic hydroxyl groups is 1. The zero-order valence-electron chi connectivity index (χ0n) is 22.6. The molecular weight excluding hydrogens is 458 g/mol. The van der Waals surface area contributed by atoms with Crippen LogP contribution in [0, 0.1) is 13.8 Å². The molecular formula is C33H39NO3. The van der Waals surface area contributed by atoms with E-state index in [4.69, 9.17) is 5.11 Å². The number of hydrogen-bond donors (Lipinski definition) is 2. The van der Waals surface area contributed by atoms with Gasteiger partial charge in [-0.1, -0.05) is 81.3 Å². The number of nitrogens with zero attached hydrogens (tertiary/aromatic N) is 1. The van der Waals surface area contributed by atoms with Crippen LogP contribution in [0.2, 0.25) is 0 Å². The van der Waals surface area contributed by atoms with Gasteiger partial charge >= 0.3 is 5.97 Å². The van der Waals surface area contributed by atoms with Gasteiger partial charge in [-0.2, -0.15) is 0 Å². The lowest BCUT2D eigenvalue weighted by molar-refractivity contribution is -0.136. The zero-order chi connectivity index (χ0) is 26.6. The number of aryl methyl sites for hydroxylation is 2. The fraction of sp³-hybridized carbons (Fsp3) is 0.394. The van der Waals surface area contributed by atoms with E-state index in [1.807, 2.05) is 18.2 Å². The van der Waals surface area contributed by atoms with E-state index in [0.717, 1.165) is 60.9 Å². The molecule has 4 nitrogen and oxygen atoms in total. The third-order valence-corrected chi connectivity index (χ3v) is 8.31. The summed E-state index contributed by atoms with van der Waals surface area (Å²) < 4.78 is 0. The third kappa shape index (κ3) is 5.70. The lowest BCUT2D eigenvalue weighted by Gasteiger charge is -2.34. The Bertz CT molecular complexity index is 1280. The molecule has 1 fully saturated rings. The molecule has 0 saturated heterocycles. The van der Waals surface area contributed by atoms with Crippen LogP contribution in [0.25, 0.3) is 17.3 Å². The highest BCUT2D eigenvalue weighted by Gasteiger charge is 2.32. The minimum absolute atomic E-state index is 0.0183. The Hall–Kier alpha value is -3.24. The van der Waals surface area contributed by atoms with Gasteiger partial charge in [0.15, 0.2) is 0 Å². The fourth-order valence-electron chi connectivity index (χ4n) is 5.90. The molecule has 0 spiro atoms. The van der Waals surface area contributed by atoms with Crippen molar-refractivity contribution in [3.63, 3.8) is 0 Å². The average Bonchev–Trinajstić information content (AvgIpc) is 3.31. The monoisotopic (exact) mass is 497 g/mol. The predicted molar refractivity (Wildman–Crippen MR) is 151 cm³/mol. The first-order chi connectivity index (χ1) is 17.7. The van der Waals surface area contributed by atoms with Crippen molar-refractivity contribution >= 4 is 12.0 Å². The van der Waals surface area contributed by atoms with Crippen LogP contribution in [0.4, 0.5) is 0 Å². The number of pyridine rings is 1. The Balaban J connectivity index is 1.64. The number of carbonyl (C=O) groups is 1. The minimum atomic E-state index is -0.851. The largest absolute Gasteiger partial charge is 0.481 e. The molecule has 0 atom stereocenters. The summed E-state index contributed by atoms with van der Waals surface area (Å²) in [6.45, 7) is 8.79.